The zero-order chi connectivity index (χ0) is 7.11. The monoisotopic (exact) mass is 239 g/mol. The smallest absolute Gasteiger partial charge is 0.142 e. The Morgan fingerprint density at radius 3 is 2.67 bits per heavy atom. The lowest BCUT2D eigenvalue weighted by Gasteiger charge is -1.88. The number of hydrogen-bond acceptors (Lipinski definition) is 3. The molecule has 0 bridgehead atoms. The molecule has 0 aromatic heterocycles. The summed E-state index contributed by atoms with van der Waals surface area (Å²) < 4.78 is 0.561. The number of aldehydes is 1. The van der Waals surface area contributed by atoms with E-state index in [4.69, 9.17) is 5.21 Å². The molecule has 0 radical (unpaired) electrons. The summed E-state index contributed by atoms with van der Waals surface area (Å²) in [4.78, 5) is 9.67. The van der Waals surface area contributed by atoms with Crippen molar-refractivity contribution < 1.29 is 10.0 Å². The lowest BCUT2D eigenvalue weighted by atomic mass is 10.5. The molecule has 0 fully saturated rings. The van der Waals surface area contributed by atoms with Crippen LogP contribution in [-0.4, -0.2) is 11.5 Å². The fourth-order valence-corrected chi connectivity index (χ4v) is 0.430. The average Bonchev–Trinajstić information content (AvgIpc) is 1.89. The van der Waals surface area contributed by atoms with Gasteiger partial charge in [0.05, 0.1) is 3.70 Å². The minimum atomic E-state index is 0.561. The van der Waals surface area contributed by atoms with Crippen molar-refractivity contribution in [2.75, 3.05) is 0 Å². The van der Waals surface area contributed by atoms with Crippen LogP contribution in [0.15, 0.2) is 21.9 Å². The van der Waals surface area contributed by atoms with Crippen LogP contribution in [0, 0.1) is 0 Å². The zero-order valence-corrected chi connectivity index (χ0v) is 6.70. The van der Waals surface area contributed by atoms with Crippen LogP contribution in [0.1, 0.15) is 0 Å². The van der Waals surface area contributed by atoms with Gasteiger partial charge in [-0.05, 0) is 34.7 Å². The number of rotatable bonds is 3. The van der Waals surface area contributed by atoms with Gasteiger partial charge in [-0.2, -0.15) is 0 Å². The minimum absolute atomic E-state index is 0.561. The SMILES string of the molecule is O=C/C=C\C=C(\I)NO. The summed E-state index contributed by atoms with van der Waals surface area (Å²) in [5.41, 5.74) is 1.90. The Hall–Kier alpha value is -0.360. The molecular formula is C5H6INO2. The van der Waals surface area contributed by atoms with Crippen LogP contribution in [0.5, 0.6) is 0 Å². The second-order valence-electron chi connectivity index (χ2n) is 1.15. The summed E-state index contributed by atoms with van der Waals surface area (Å²) in [6.45, 7) is 0. The second kappa shape index (κ2) is 5.77. The fourth-order valence-electron chi connectivity index (χ4n) is 0.223. The highest BCUT2D eigenvalue weighted by molar-refractivity contribution is 14.1. The molecule has 0 unspecified atom stereocenters. The second-order valence-corrected chi connectivity index (χ2v) is 2.31. The van der Waals surface area contributed by atoms with Gasteiger partial charge in [-0.1, -0.05) is 6.08 Å². The average molecular weight is 239 g/mol. The summed E-state index contributed by atoms with van der Waals surface area (Å²) in [5, 5.41) is 8.19. The largest absolute Gasteiger partial charge is 0.299 e. The maximum Gasteiger partial charge on any atom is 0.142 e. The first kappa shape index (κ1) is 8.64. The van der Waals surface area contributed by atoms with Gasteiger partial charge >= 0.3 is 0 Å². The number of carbonyl (C=O) groups is 1. The van der Waals surface area contributed by atoms with Gasteiger partial charge in [0.2, 0.25) is 0 Å². The predicted octanol–water partition coefficient (Wildman–Crippen LogP) is 0.997. The van der Waals surface area contributed by atoms with E-state index in [-0.39, 0.29) is 0 Å². The molecule has 0 amide bonds. The molecule has 0 aliphatic carbocycles. The standard InChI is InChI=1S/C5H6INO2/c6-5(7-9)3-1-2-4-8/h1-4,7,9H/b2-1-,5-3-. The highest BCUT2D eigenvalue weighted by atomic mass is 127. The molecule has 0 spiro atoms. The van der Waals surface area contributed by atoms with Crippen molar-refractivity contribution >= 4 is 28.9 Å². The number of hydroxylamine groups is 1. The fraction of sp³-hybridized carbons (Fsp3) is 0. The van der Waals surface area contributed by atoms with Crippen LogP contribution in [0.2, 0.25) is 0 Å². The minimum Gasteiger partial charge on any atom is -0.299 e. The Morgan fingerprint density at radius 1 is 1.56 bits per heavy atom. The summed E-state index contributed by atoms with van der Waals surface area (Å²) in [6.07, 6.45) is 5.08. The molecule has 4 heteroatoms. The van der Waals surface area contributed by atoms with E-state index in [1.807, 2.05) is 28.1 Å². The predicted molar refractivity (Wildman–Crippen MR) is 42.2 cm³/mol. The van der Waals surface area contributed by atoms with Gasteiger partial charge < -0.3 is 0 Å². The number of allylic oxidation sites excluding steroid dienone is 3. The van der Waals surface area contributed by atoms with Crippen molar-refractivity contribution in [3.8, 4) is 0 Å². The van der Waals surface area contributed by atoms with Crippen LogP contribution in [0.3, 0.4) is 0 Å². The van der Waals surface area contributed by atoms with Crippen molar-refractivity contribution in [3.05, 3.63) is 21.9 Å². The van der Waals surface area contributed by atoms with Gasteiger partial charge in [-0.15, -0.1) is 0 Å². The van der Waals surface area contributed by atoms with Crippen LogP contribution in [0.4, 0.5) is 0 Å². The van der Waals surface area contributed by atoms with Gasteiger partial charge in [0.1, 0.15) is 6.29 Å². The van der Waals surface area contributed by atoms with Crippen LogP contribution < -0.4 is 5.48 Å². The molecule has 0 saturated heterocycles. The molecule has 0 rings (SSSR count). The summed E-state index contributed by atoms with van der Waals surface area (Å²) in [6, 6.07) is 0. The highest BCUT2D eigenvalue weighted by Crippen LogP contribution is 1.97. The van der Waals surface area contributed by atoms with E-state index >= 15 is 0 Å². The first-order valence-electron chi connectivity index (χ1n) is 2.19. The van der Waals surface area contributed by atoms with E-state index in [2.05, 4.69) is 0 Å². The highest BCUT2D eigenvalue weighted by Gasteiger charge is 1.77. The van der Waals surface area contributed by atoms with E-state index in [9.17, 15) is 4.79 Å². The maximum atomic E-state index is 9.67. The Bertz CT molecular complexity index is 142. The molecule has 0 saturated carbocycles. The molecule has 3 nitrogen and oxygen atoms in total. The number of halogens is 1. The number of carbonyl (C=O) groups excluding carboxylic acids is 1. The Labute approximate surface area is 66.5 Å². The lowest BCUT2D eigenvalue weighted by Crippen LogP contribution is -1.98. The van der Waals surface area contributed by atoms with E-state index in [1.54, 1.807) is 6.08 Å². The van der Waals surface area contributed by atoms with Crippen LogP contribution in [-0.2, 0) is 4.79 Å². The van der Waals surface area contributed by atoms with E-state index in [0.29, 0.717) is 9.99 Å². The van der Waals surface area contributed by atoms with Crippen molar-refractivity contribution in [2.45, 2.75) is 0 Å². The van der Waals surface area contributed by atoms with Gasteiger partial charge in [0.25, 0.3) is 0 Å². The van der Waals surface area contributed by atoms with E-state index in [1.165, 1.54) is 12.2 Å². The van der Waals surface area contributed by atoms with Crippen LogP contribution >= 0.6 is 22.6 Å². The molecule has 0 heterocycles. The first-order valence-corrected chi connectivity index (χ1v) is 3.27. The van der Waals surface area contributed by atoms with Gasteiger partial charge in [-0.3, -0.25) is 15.5 Å². The molecule has 0 aromatic carbocycles. The maximum absolute atomic E-state index is 9.67. The summed E-state index contributed by atoms with van der Waals surface area (Å²) in [5.74, 6) is 0. The third-order valence-electron chi connectivity index (χ3n) is 0.539. The zero-order valence-electron chi connectivity index (χ0n) is 4.54. The molecule has 50 valence electrons. The van der Waals surface area contributed by atoms with Crippen molar-refractivity contribution in [1.82, 2.24) is 5.48 Å². The molecular weight excluding hydrogens is 233 g/mol. The van der Waals surface area contributed by atoms with Gasteiger partial charge in [-0.25, -0.2) is 0 Å². The molecule has 0 aliphatic heterocycles. The Morgan fingerprint density at radius 2 is 2.22 bits per heavy atom. The quantitative estimate of drug-likeness (QED) is 0.193. The molecule has 2 N–H and O–H groups in total. The number of nitrogens with one attached hydrogen (secondary N) is 1. The van der Waals surface area contributed by atoms with Crippen LogP contribution in [0.25, 0.3) is 0 Å². The topological polar surface area (TPSA) is 49.3 Å². The molecule has 9 heavy (non-hydrogen) atoms. The third-order valence-corrected chi connectivity index (χ3v) is 1.14. The molecule has 0 aliphatic rings. The van der Waals surface area contributed by atoms with E-state index in [0.717, 1.165) is 0 Å². The molecule has 0 aromatic rings. The number of hydrogen-bond donors (Lipinski definition) is 2. The van der Waals surface area contributed by atoms with E-state index < -0.39 is 0 Å². The summed E-state index contributed by atoms with van der Waals surface area (Å²) in [7, 11) is 0. The lowest BCUT2D eigenvalue weighted by molar-refractivity contribution is -0.104. The normalized spacial score (nSPS) is 12.0. The Kier molecular flexibility index (Phi) is 5.54. The Balaban J connectivity index is 3.67. The van der Waals surface area contributed by atoms with Gasteiger partial charge in [0, 0.05) is 0 Å². The van der Waals surface area contributed by atoms with Crippen molar-refractivity contribution in [1.29, 1.82) is 0 Å². The molecule has 0 atom stereocenters. The first-order chi connectivity index (χ1) is 4.31. The third kappa shape index (κ3) is 5.51. The summed E-state index contributed by atoms with van der Waals surface area (Å²) >= 11 is 1.88. The van der Waals surface area contributed by atoms with Gasteiger partial charge in [0.15, 0.2) is 0 Å². The van der Waals surface area contributed by atoms with Crippen molar-refractivity contribution in [2.24, 2.45) is 0 Å². The van der Waals surface area contributed by atoms with Crippen molar-refractivity contribution in [3.63, 3.8) is 0 Å².